The van der Waals surface area contributed by atoms with E-state index in [1.807, 2.05) is 14.0 Å². The summed E-state index contributed by atoms with van der Waals surface area (Å²) < 4.78 is 5.12. The standard InChI is InChI=1S/C12H15N5O3.ClH/c1-7(14-2)5-11-15-12(20-16-11)8-3-4-9(13)10(6-8)17(18)19;/h3-4,6-7,14H,5,13H2,1-2H3;1H. The first-order chi connectivity index (χ1) is 9.51. The number of hydrogen-bond donors (Lipinski definition) is 2. The zero-order chi connectivity index (χ0) is 14.7. The van der Waals surface area contributed by atoms with Crippen LogP contribution in [-0.2, 0) is 6.42 Å². The van der Waals surface area contributed by atoms with Crippen LogP contribution in [0.2, 0.25) is 0 Å². The van der Waals surface area contributed by atoms with Crippen LogP contribution >= 0.6 is 12.4 Å². The molecule has 0 aliphatic carbocycles. The third kappa shape index (κ3) is 3.89. The predicted octanol–water partition coefficient (Wildman–Crippen LogP) is 1.80. The largest absolute Gasteiger partial charge is 0.393 e. The maximum atomic E-state index is 10.8. The maximum Gasteiger partial charge on any atom is 0.292 e. The minimum atomic E-state index is -0.542. The van der Waals surface area contributed by atoms with Gasteiger partial charge >= 0.3 is 0 Å². The van der Waals surface area contributed by atoms with E-state index in [1.165, 1.54) is 12.1 Å². The molecule has 0 saturated carbocycles. The molecular weight excluding hydrogens is 298 g/mol. The summed E-state index contributed by atoms with van der Waals surface area (Å²) in [5, 5.41) is 17.8. The number of nitrogens with one attached hydrogen (secondary N) is 1. The van der Waals surface area contributed by atoms with Gasteiger partial charge < -0.3 is 15.6 Å². The summed E-state index contributed by atoms with van der Waals surface area (Å²) >= 11 is 0. The third-order valence-electron chi connectivity index (χ3n) is 2.92. The Morgan fingerprint density at radius 1 is 1.52 bits per heavy atom. The number of rotatable bonds is 5. The highest BCUT2D eigenvalue weighted by atomic mass is 35.5. The van der Waals surface area contributed by atoms with Gasteiger partial charge in [-0.3, -0.25) is 10.1 Å². The van der Waals surface area contributed by atoms with Gasteiger partial charge in [-0.1, -0.05) is 5.16 Å². The van der Waals surface area contributed by atoms with Crippen molar-refractivity contribution in [3.8, 4) is 11.5 Å². The van der Waals surface area contributed by atoms with Crippen LogP contribution in [0, 0.1) is 10.1 Å². The molecule has 0 radical (unpaired) electrons. The Morgan fingerprint density at radius 2 is 2.24 bits per heavy atom. The van der Waals surface area contributed by atoms with Crippen molar-refractivity contribution >= 4 is 23.8 Å². The predicted molar refractivity (Wildman–Crippen MR) is 80.3 cm³/mol. The average molecular weight is 314 g/mol. The van der Waals surface area contributed by atoms with Gasteiger partial charge in [0.1, 0.15) is 5.69 Å². The Bertz CT molecular complexity index is 631. The number of anilines is 1. The molecule has 0 aliphatic rings. The number of nitrogens with two attached hydrogens (primary N) is 1. The van der Waals surface area contributed by atoms with Crippen LogP contribution < -0.4 is 11.1 Å². The molecule has 21 heavy (non-hydrogen) atoms. The van der Waals surface area contributed by atoms with E-state index in [-0.39, 0.29) is 35.7 Å². The molecule has 2 rings (SSSR count). The molecule has 8 nitrogen and oxygen atoms in total. The van der Waals surface area contributed by atoms with Crippen LogP contribution in [0.5, 0.6) is 0 Å². The minimum Gasteiger partial charge on any atom is -0.393 e. The molecule has 1 aromatic carbocycles. The van der Waals surface area contributed by atoms with Gasteiger partial charge in [-0.2, -0.15) is 4.98 Å². The van der Waals surface area contributed by atoms with E-state index in [9.17, 15) is 10.1 Å². The summed E-state index contributed by atoms with van der Waals surface area (Å²) in [5.41, 5.74) is 5.94. The van der Waals surface area contributed by atoms with E-state index in [0.29, 0.717) is 17.8 Å². The van der Waals surface area contributed by atoms with Gasteiger partial charge in [0.25, 0.3) is 11.6 Å². The van der Waals surface area contributed by atoms with Crippen molar-refractivity contribution in [2.45, 2.75) is 19.4 Å². The Labute approximate surface area is 127 Å². The molecule has 114 valence electrons. The molecule has 1 unspecified atom stereocenters. The van der Waals surface area contributed by atoms with Gasteiger partial charge in [0.05, 0.1) is 4.92 Å². The highest BCUT2D eigenvalue weighted by molar-refractivity contribution is 5.85. The Hall–Kier alpha value is -2.19. The van der Waals surface area contributed by atoms with E-state index >= 15 is 0 Å². The number of nitro groups is 1. The maximum absolute atomic E-state index is 10.8. The van der Waals surface area contributed by atoms with E-state index in [2.05, 4.69) is 15.5 Å². The quantitative estimate of drug-likeness (QED) is 0.490. The zero-order valence-corrected chi connectivity index (χ0v) is 12.4. The molecule has 0 bridgehead atoms. The molecule has 0 amide bonds. The van der Waals surface area contributed by atoms with Gasteiger partial charge in [-0.25, -0.2) is 0 Å². The number of hydrogen-bond acceptors (Lipinski definition) is 7. The summed E-state index contributed by atoms with van der Waals surface area (Å²) in [7, 11) is 1.84. The molecule has 1 heterocycles. The van der Waals surface area contributed by atoms with E-state index in [4.69, 9.17) is 10.3 Å². The SMILES string of the molecule is CNC(C)Cc1noc(-c2ccc(N)c([N+](=O)[O-])c2)n1.Cl. The van der Waals surface area contributed by atoms with Crippen molar-refractivity contribution in [2.24, 2.45) is 0 Å². The van der Waals surface area contributed by atoms with Crippen molar-refractivity contribution < 1.29 is 9.45 Å². The first kappa shape index (κ1) is 16.9. The third-order valence-corrected chi connectivity index (χ3v) is 2.92. The van der Waals surface area contributed by atoms with Crippen LogP contribution in [0.15, 0.2) is 22.7 Å². The lowest BCUT2D eigenvalue weighted by Gasteiger charge is -2.04. The molecule has 0 spiro atoms. The number of halogens is 1. The van der Waals surface area contributed by atoms with Crippen molar-refractivity contribution in [1.82, 2.24) is 15.5 Å². The second kappa shape index (κ2) is 7.00. The molecule has 0 saturated heterocycles. The zero-order valence-electron chi connectivity index (χ0n) is 11.6. The molecule has 0 aliphatic heterocycles. The fourth-order valence-electron chi connectivity index (χ4n) is 1.66. The molecule has 9 heteroatoms. The smallest absolute Gasteiger partial charge is 0.292 e. The van der Waals surface area contributed by atoms with Crippen molar-refractivity contribution in [3.63, 3.8) is 0 Å². The summed E-state index contributed by atoms with van der Waals surface area (Å²) in [6, 6.07) is 4.60. The Balaban J connectivity index is 0.00000220. The van der Waals surface area contributed by atoms with Gasteiger partial charge in [0.2, 0.25) is 0 Å². The number of nitrogens with zero attached hydrogens (tertiary/aromatic N) is 3. The second-order valence-electron chi connectivity index (χ2n) is 4.44. The van der Waals surface area contributed by atoms with Gasteiger partial charge in [-0.05, 0) is 26.1 Å². The average Bonchev–Trinajstić information content (AvgIpc) is 2.87. The topological polar surface area (TPSA) is 120 Å². The molecule has 3 N–H and O–H groups in total. The van der Waals surface area contributed by atoms with Crippen LogP contribution in [0.4, 0.5) is 11.4 Å². The van der Waals surface area contributed by atoms with Gasteiger partial charge in [0, 0.05) is 24.1 Å². The molecule has 2 aromatic rings. The van der Waals surface area contributed by atoms with Crippen LogP contribution in [-0.4, -0.2) is 28.2 Å². The summed E-state index contributed by atoms with van der Waals surface area (Å²) in [5.74, 6) is 0.785. The van der Waals surface area contributed by atoms with E-state index in [1.54, 1.807) is 6.07 Å². The first-order valence-electron chi connectivity index (χ1n) is 6.05. The van der Waals surface area contributed by atoms with E-state index < -0.39 is 4.92 Å². The fourth-order valence-corrected chi connectivity index (χ4v) is 1.66. The number of benzene rings is 1. The van der Waals surface area contributed by atoms with Crippen LogP contribution in [0.25, 0.3) is 11.5 Å². The van der Waals surface area contributed by atoms with Crippen molar-refractivity contribution in [2.75, 3.05) is 12.8 Å². The summed E-state index contributed by atoms with van der Waals surface area (Å²) in [4.78, 5) is 14.5. The van der Waals surface area contributed by atoms with Gasteiger partial charge in [-0.15, -0.1) is 12.4 Å². The number of nitro benzene ring substituents is 1. The monoisotopic (exact) mass is 313 g/mol. The fraction of sp³-hybridized carbons (Fsp3) is 0.333. The summed E-state index contributed by atoms with van der Waals surface area (Å²) in [6.07, 6.45) is 0.608. The number of aromatic nitrogens is 2. The Morgan fingerprint density at radius 3 is 2.86 bits per heavy atom. The van der Waals surface area contributed by atoms with Crippen LogP contribution in [0.1, 0.15) is 12.7 Å². The molecule has 0 fully saturated rings. The summed E-state index contributed by atoms with van der Waals surface area (Å²) in [6.45, 7) is 1.99. The highest BCUT2D eigenvalue weighted by Gasteiger charge is 2.16. The number of likely N-dealkylation sites (N-methyl/N-ethyl adjacent to an activating group) is 1. The minimum absolute atomic E-state index is 0. The molecule has 1 atom stereocenters. The number of nitrogen functional groups attached to an aromatic ring is 1. The van der Waals surface area contributed by atoms with E-state index in [0.717, 1.165) is 0 Å². The van der Waals surface area contributed by atoms with Crippen molar-refractivity contribution in [3.05, 3.63) is 34.1 Å². The van der Waals surface area contributed by atoms with Crippen molar-refractivity contribution in [1.29, 1.82) is 0 Å². The van der Waals surface area contributed by atoms with Crippen LogP contribution in [0.3, 0.4) is 0 Å². The molecular formula is C12H16ClN5O3. The molecule has 1 aromatic heterocycles. The lowest BCUT2D eigenvalue weighted by atomic mass is 10.1. The normalized spacial score (nSPS) is 11.7. The lowest BCUT2D eigenvalue weighted by molar-refractivity contribution is -0.383. The van der Waals surface area contributed by atoms with Gasteiger partial charge in [0.15, 0.2) is 5.82 Å². The lowest BCUT2D eigenvalue weighted by Crippen LogP contribution is -2.24. The highest BCUT2D eigenvalue weighted by Crippen LogP contribution is 2.27. The first-order valence-corrected chi connectivity index (χ1v) is 6.05. The Kier molecular flexibility index (Phi) is 5.62. The second-order valence-corrected chi connectivity index (χ2v) is 4.44.